The molecule has 0 spiro atoms. The molecular formula is C56H103NO3. The van der Waals surface area contributed by atoms with Crippen LogP contribution < -0.4 is 5.32 Å². The van der Waals surface area contributed by atoms with E-state index < -0.39 is 12.1 Å². The summed E-state index contributed by atoms with van der Waals surface area (Å²) < 4.78 is 0. The molecule has 0 radical (unpaired) electrons. The van der Waals surface area contributed by atoms with E-state index in [2.05, 4.69) is 79.9 Å². The average molecular weight is 838 g/mol. The first-order chi connectivity index (χ1) is 29.7. The van der Waals surface area contributed by atoms with E-state index in [0.29, 0.717) is 12.8 Å². The normalized spacial score (nSPS) is 13.3. The minimum atomic E-state index is -0.654. The Balaban J connectivity index is 3.34. The van der Waals surface area contributed by atoms with Gasteiger partial charge in [0.25, 0.3) is 0 Å². The second kappa shape index (κ2) is 51.4. The van der Waals surface area contributed by atoms with Crippen molar-refractivity contribution in [3.8, 4) is 0 Å². The van der Waals surface area contributed by atoms with E-state index in [9.17, 15) is 15.0 Å². The molecule has 0 bridgehead atoms. The van der Waals surface area contributed by atoms with Crippen molar-refractivity contribution in [2.45, 2.75) is 283 Å². The summed E-state index contributed by atoms with van der Waals surface area (Å²) in [6.07, 6.45) is 72.4. The van der Waals surface area contributed by atoms with Crippen LogP contribution in [0.5, 0.6) is 0 Å². The second-order valence-electron chi connectivity index (χ2n) is 17.9. The van der Waals surface area contributed by atoms with Gasteiger partial charge in [-0.3, -0.25) is 4.79 Å². The quantitative estimate of drug-likeness (QED) is 0.0422. The molecule has 0 saturated carbocycles. The van der Waals surface area contributed by atoms with E-state index in [1.165, 1.54) is 186 Å². The van der Waals surface area contributed by atoms with Crippen molar-refractivity contribution in [3.05, 3.63) is 60.8 Å². The number of unbranched alkanes of at least 4 members (excludes halogenated alkanes) is 31. The van der Waals surface area contributed by atoms with E-state index in [4.69, 9.17) is 0 Å². The Bertz CT molecular complexity index is 996. The lowest BCUT2D eigenvalue weighted by Crippen LogP contribution is -2.45. The third kappa shape index (κ3) is 47.1. The molecule has 0 heterocycles. The fourth-order valence-corrected chi connectivity index (χ4v) is 8.04. The summed E-state index contributed by atoms with van der Waals surface area (Å²) in [6, 6.07) is -0.531. The molecule has 2 atom stereocenters. The van der Waals surface area contributed by atoms with E-state index >= 15 is 0 Å². The molecule has 0 saturated heterocycles. The molecule has 0 aliphatic heterocycles. The molecule has 0 aromatic rings. The number of aliphatic hydroxyl groups is 2. The summed E-state index contributed by atoms with van der Waals surface area (Å²) in [4.78, 5) is 12.4. The summed E-state index contributed by atoms with van der Waals surface area (Å²) >= 11 is 0. The maximum absolute atomic E-state index is 12.4. The Morgan fingerprint density at radius 2 is 0.733 bits per heavy atom. The van der Waals surface area contributed by atoms with Crippen molar-refractivity contribution >= 4 is 5.91 Å². The standard InChI is InChI=1S/C56H103NO3/c1-3-5-7-9-11-12-13-14-15-16-17-18-19-20-21-22-23-24-25-26-27-28-29-30-31-32-33-34-35-36-37-38-39-40-41-42-43-44-46-48-50-52-56(60)57-54(53-58)55(59)51-49-47-45-10-8-6-4-2/h5,7,11-12,14-15,17-18,20-21,54-55,58-59H,3-4,6,8-10,13,16,19,22-53H2,1-2H3,(H,57,60)/b7-5-,12-11-,15-14-,18-17-,21-20-. The van der Waals surface area contributed by atoms with E-state index in [1.54, 1.807) is 0 Å². The number of aliphatic hydroxyl groups excluding tert-OH is 2. The van der Waals surface area contributed by atoms with E-state index in [-0.39, 0.29) is 12.5 Å². The SMILES string of the molecule is CC/C=C\C/C=C\C/C=C\C/C=C\C/C=C\CCCCCCCCCCCCCCCCCCCCCCCCCCCC(=O)NC(CO)C(O)CCCCCCCCC. The van der Waals surface area contributed by atoms with Gasteiger partial charge in [0.1, 0.15) is 0 Å². The van der Waals surface area contributed by atoms with Gasteiger partial charge < -0.3 is 15.5 Å². The molecule has 0 aliphatic rings. The summed E-state index contributed by atoms with van der Waals surface area (Å²) in [5.41, 5.74) is 0. The molecular weight excluding hydrogens is 735 g/mol. The number of allylic oxidation sites excluding steroid dienone is 10. The van der Waals surface area contributed by atoms with Crippen LogP contribution in [0.25, 0.3) is 0 Å². The highest BCUT2D eigenvalue weighted by Gasteiger charge is 2.20. The third-order valence-corrected chi connectivity index (χ3v) is 12.0. The molecule has 0 aliphatic carbocycles. The van der Waals surface area contributed by atoms with Crippen LogP contribution in [0, 0.1) is 0 Å². The van der Waals surface area contributed by atoms with Gasteiger partial charge in [0, 0.05) is 6.42 Å². The predicted molar refractivity (Wildman–Crippen MR) is 267 cm³/mol. The predicted octanol–water partition coefficient (Wildman–Crippen LogP) is 17.2. The minimum absolute atomic E-state index is 0.0325. The van der Waals surface area contributed by atoms with E-state index in [1.807, 2.05) is 0 Å². The first-order valence-corrected chi connectivity index (χ1v) is 26.5. The first kappa shape index (κ1) is 58.1. The second-order valence-corrected chi connectivity index (χ2v) is 17.9. The highest BCUT2D eigenvalue weighted by atomic mass is 16.3. The van der Waals surface area contributed by atoms with Crippen molar-refractivity contribution in [1.29, 1.82) is 0 Å². The Hall–Kier alpha value is -1.91. The molecule has 1 amide bonds. The van der Waals surface area contributed by atoms with Gasteiger partial charge in [-0.2, -0.15) is 0 Å². The highest BCUT2D eigenvalue weighted by Crippen LogP contribution is 2.17. The summed E-state index contributed by atoms with van der Waals surface area (Å²) in [6.45, 7) is 4.21. The lowest BCUT2D eigenvalue weighted by atomic mass is 10.0. The zero-order chi connectivity index (χ0) is 43.5. The van der Waals surface area contributed by atoms with Crippen LogP contribution in [0.4, 0.5) is 0 Å². The fraction of sp³-hybridized carbons (Fsp3) is 0.804. The van der Waals surface area contributed by atoms with Crippen molar-refractivity contribution in [3.63, 3.8) is 0 Å². The number of rotatable bonds is 48. The molecule has 350 valence electrons. The van der Waals surface area contributed by atoms with Crippen LogP contribution in [-0.4, -0.2) is 34.9 Å². The number of hydrogen-bond acceptors (Lipinski definition) is 3. The van der Waals surface area contributed by atoms with Gasteiger partial charge in [-0.05, 0) is 57.8 Å². The van der Waals surface area contributed by atoms with Crippen molar-refractivity contribution in [2.24, 2.45) is 0 Å². The number of amides is 1. The van der Waals surface area contributed by atoms with Gasteiger partial charge in [0.2, 0.25) is 5.91 Å². The summed E-state index contributed by atoms with van der Waals surface area (Å²) in [5.74, 6) is -0.0325. The van der Waals surface area contributed by atoms with Gasteiger partial charge in [0.15, 0.2) is 0 Å². The van der Waals surface area contributed by atoms with Gasteiger partial charge >= 0.3 is 0 Å². The van der Waals surface area contributed by atoms with Crippen LogP contribution >= 0.6 is 0 Å². The summed E-state index contributed by atoms with van der Waals surface area (Å²) in [5, 5.41) is 23.0. The number of carbonyl (C=O) groups excluding carboxylic acids is 1. The van der Waals surface area contributed by atoms with Crippen LogP contribution in [-0.2, 0) is 4.79 Å². The maximum Gasteiger partial charge on any atom is 0.220 e. The van der Waals surface area contributed by atoms with Gasteiger partial charge in [0.05, 0.1) is 18.8 Å². The van der Waals surface area contributed by atoms with E-state index in [0.717, 1.165) is 57.8 Å². The average Bonchev–Trinajstić information content (AvgIpc) is 3.25. The van der Waals surface area contributed by atoms with Crippen LogP contribution in [0.15, 0.2) is 60.8 Å². The Morgan fingerprint density at radius 1 is 0.417 bits per heavy atom. The highest BCUT2D eigenvalue weighted by molar-refractivity contribution is 5.76. The van der Waals surface area contributed by atoms with Crippen molar-refractivity contribution in [1.82, 2.24) is 5.32 Å². The first-order valence-electron chi connectivity index (χ1n) is 26.5. The van der Waals surface area contributed by atoms with Crippen LogP contribution in [0.2, 0.25) is 0 Å². The zero-order valence-corrected chi connectivity index (χ0v) is 40.2. The Labute approximate surface area is 375 Å². The third-order valence-electron chi connectivity index (χ3n) is 12.0. The van der Waals surface area contributed by atoms with Gasteiger partial charge in [-0.1, -0.05) is 267 Å². The number of nitrogens with one attached hydrogen (secondary N) is 1. The molecule has 4 heteroatoms. The van der Waals surface area contributed by atoms with Crippen molar-refractivity contribution in [2.75, 3.05) is 6.61 Å². The lowest BCUT2D eigenvalue weighted by Gasteiger charge is -2.22. The zero-order valence-electron chi connectivity index (χ0n) is 40.2. The molecule has 2 unspecified atom stereocenters. The Kier molecular flexibility index (Phi) is 49.8. The fourth-order valence-electron chi connectivity index (χ4n) is 8.04. The molecule has 0 aromatic carbocycles. The molecule has 0 rings (SSSR count). The Morgan fingerprint density at radius 3 is 1.10 bits per heavy atom. The van der Waals surface area contributed by atoms with Gasteiger partial charge in [-0.25, -0.2) is 0 Å². The van der Waals surface area contributed by atoms with Gasteiger partial charge in [-0.15, -0.1) is 0 Å². The molecule has 60 heavy (non-hydrogen) atoms. The lowest BCUT2D eigenvalue weighted by molar-refractivity contribution is -0.123. The van der Waals surface area contributed by atoms with Crippen molar-refractivity contribution < 1.29 is 15.0 Å². The molecule has 0 fully saturated rings. The maximum atomic E-state index is 12.4. The largest absolute Gasteiger partial charge is 0.394 e. The minimum Gasteiger partial charge on any atom is -0.394 e. The summed E-state index contributed by atoms with van der Waals surface area (Å²) in [7, 11) is 0. The smallest absolute Gasteiger partial charge is 0.220 e. The number of carbonyl (C=O) groups is 1. The molecule has 0 aromatic heterocycles. The molecule has 4 nitrogen and oxygen atoms in total. The number of hydrogen-bond donors (Lipinski definition) is 3. The van der Waals surface area contributed by atoms with Crippen LogP contribution in [0.1, 0.15) is 271 Å². The molecule has 3 N–H and O–H groups in total. The monoisotopic (exact) mass is 838 g/mol. The van der Waals surface area contributed by atoms with Crippen LogP contribution in [0.3, 0.4) is 0 Å². The topological polar surface area (TPSA) is 69.6 Å².